The molecule has 19 heavy (non-hydrogen) atoms. The largest absolute Gasteiger partial charge is 0.480 e. The zero-order valence-corrected chi connectivity index (χ0v) is 11.4. The van der Waals surface area contributed by atoms with Gasteiger partial charge in [-0.05, 0) is 17.9 Å². The van der Waals surface area contributed by atoms with E-state index in [4.69, 9.17) is 11.5 Å². The van der Waals surface area contributed by atoms with Gasteiger partial charge in [0.25, 0.3) is 0 Å². The molecular formula is C14H14N2O2S. The van der Waals surface area contributed by atoms with E-state index in [1.54, 1.807) is 23.9 Å². The highest BCUT2D eigenvalue weighted by Gasteiger charge is 2.16. The van der Waals surface area contributed by atoms with E-state index >= 15 is 0 Å². The molecule has 98 valence electrons. The average molecular weight is 274 g/mol. The number of carboxylic acid groups (broad SMARTS) is 1. The lowest BCUT2D eigenvalue weighted by Gasteiger charge is -2.22. The highest BCUT2D eigenvalue weighted by atomic mass is 32.2. The van der Waals surface area contributed by atoms with Crippen molar-refractivity contribution < 1.29 is 9.90 Å². The molecule has 0 atom stereocenters. The van der Waals surface area contributed by atoms with E-state index in [0.29, 0.717) is 11.3 Å². The van der Waals surface area contributed by atoms with Gasteiger partial charge >= 0.3 is 5.97 Å². The third-order valence-electron chi connectivity index (χ3n) is 2.36. The van der Waals surface area contributed by atoms with Crippen LogP contribution in [-0.2, 0) is 4.79 Å². The summed E-state index contributed by atoms with van der Waals surface area (Å²) in [7, 11) is 0. The molecule has 0 radical (unpaired) electrons. The topological polar surface area (TPSA) is 64.3 Å². The number of benzene rings is 1. The number of carbonyl (C=O) groups is 1. The fourth-order valence-electron chi connectivity index (χ4n) is 1.67. The highest BCUT2D eigenvalue weighted by Crippen LogP contribution is 2.30. The molecule has 0 aliphatic rings. The van der Waals surface area contributed by atoms with Crippen molar-refractivity contribution in [2.45, 2.75) is 11.8 Å². The molecule has 5 heteroatoms. The molecule has 4 nitrogen and oxygen atoms in total. The fraction of sp³-hybridized carbons (Fsp3) is 0.286. The summed E-state index contributed by atoms with van der Waals surface area (Å²) in [6.07, 6.45) is 5.26. The lowest BCUT2D eigenvalue weighted by atomic mass is 10.1. The predicted molar refractivity (Wildman–Crippen MR) is 76.2 cm³/mol. The summed E-state index contributed by atoms with van der Waals surface area (Å²) in [5.74, 6) is 2.28. The molecule has 0 spiro atoms. The van der Waals surface area contributed by atoms with Crippen molar-refractivity contribution in [1.29, 1.82) is 5.26 Å². The van der Waals surface area contributed by atoms with E-state index in [0.717, 1.165) is 10.6 Å². The second-order valence-corrected chi connectivity index (χ2v) is 4.95. The Hall–Kier alpha value is -2.11. The molecule has 0 aliphatic carbocycles. The van der Waals surface area contributed by atoms with Crippen LogP contribution in [0.4, 0.5) is 5.69 Å². The molecule has 0 aromatic heterocycles. The van der Waals surface area contributed by atoms with E-state index in [2.05, 4.69) is 12.0 Å². The zero-order valence-electron chi connectivity index (χ0n) is 10.6. The maximum Gasteiger partial charge on any atom is 0.323 e. The zero-order chi connectivity index (χ0) is 14.3. The number of rotatable bonds is 6. The Kier molecular flexibility index (Phi) is 5.78. The van der Waals surface area contributed by atoms with Crippen molar-refractivity contribution in [3.63, 3.8) is 0 Å². The number of anilines is 1. The van der Waals surface area contributed by atoms with Gasteiger partial charge in [0.1, 0.15) is 12.6 Å². The van der Waals surface area contributed by atoms with Gasteiger partial charge in [0.2, 0.25) is 0 Å². The molecule has 0 fully saturated rings. The second kappa shape index (κ2) is 7.35. The van der Waals surface area contributed by atoms with Crippen LogP contribution in [-0.4, -0.2) is 29.9 Å². The van der Waals surface area contributed by atoms with Crippen LogP contribution < -0.4 is 4.90 Å². The Labute approximate surface area is 117 Å². The molecule has 0 saturated heterocycles. The molecule has 0 unspecified atom stereocenters. The van der Waals surface area contributed by atoms with Crippen LogP contribution in [0.2, 0.25) is 0 Å². The van der Waals surface area contributed by atoms with Gasteiger partial charge < -0.3 is 10.0 Å². The lowest BCUT2D eigenvalue weighted by molar-refractivity contribution is -0.135. The quantitative estimate of drug-likeness (QED) is 0.636. The number of nitrogens with zero attached hydrogens (tertiary/aromatic N) is 2. The smallest absolute Gasteiger partial charge is 0.323 e. The van der Waals surface area contributed by atoms with Gasteiger partial charge in [-0.25, -0.2) is 0 Å². The first-order chi connectivity index (χ1) is 9.13. The maximum absolute atomic E-state index is 10.9. The van der Waals surface area contributed by atoms with Crippen LogP contribution in [0.25, 0.3) is 0 Å². The van der Waals surface area contributed by atoms with Crippen molar-refractivity contribution in [1.82, 2.24) is 0 Å². The number of carboxylic acids is 1. The van der Waals surface area contributed by atoms with Gasteiger partial charge in [-0.15, -0.1) is 18.2 Å². The molecule has 1 rings (SSSR count). The number of aliphatic carboxylic acids is 1. The maximum atomic E-state index is 10.9. The van der Waals surface area contributed by atoms with Gasteiger partial charge in [-0.3, -0.25) is 4.79 Å². The Balaban J connectivity index is 3.22. The highest BCUT2D eigenvalue weighted by molar-refractivity contribution is 7.99. The average Bonchev–Trinajstić information content (AvgIpc) is 2.38. The molecule has 0 heterocycles. The molecule has 0 amide bonds. The fourth-order valence-corrected chi connectivity index (χ4v) is 2.45. The van der Waals surface area contributed by atoms with E-state index in [1.165, 1.54) is 4.90 Å². The minimum atomic E-state index is -0.979. The number of terminal acetylenes is 1. The molecular weight excluding hydrogens is 260 g/mol. The lowest BCUT2D eigenvalue weighted by Crippen LogP contribution is -2.30. The molecule has 0 aliphatic heterocycles. The van der Waals surface area contributed by atoms with E-state index in [-0.39, 0.29) is 13.1 Å². The molecule has 1 aromatic rings. The van der Waals surface area contributed by atoms with Gasteiger partial charge in [-0.1, -0.05) is 18.9 Å². The summed E-state index contributed by atoms with van der Waals surface area (Å²) in [5, 5.41) is 18.2. The van der Waals surface area contributed by atoms with Crippen molar-refractivity contribution in [3.8, 4) is 18.4 Å². The summed E-state index contributed by atoms with van der Waals surface area (Å²) in [4.78, 5) is 13.2. The first-order valence-corrected chi connectivity index (χ1v) is 6.68. The van der Waals surface area contributed by atoms with Crippen LogP contribution in [0.1, 0.15) is 12.5 Å². The van der Waals surface area contributed by atoms with Crippen molar-refractivity contribution in [2.24, 2.45) is 0 Å². The summed E-state index contributed by atoms with van der Waals surface area (Å²) in [5.41, 5.74) is 1.05. The van der Waals surface area contributed by atoms with Gasteiger partial charge in [0.15, 0.2) is 0 Å². The van der Waals surface area contributed by atoms with Gasteiger partial charge in [-0.2, -0.15) is 5.26 Å². The van der Waals surface area contributed by atoms with Crippen molar-refractivity contribution in [2.75, 3.05) is 23.7 Å². The Morgan fingerprint density at radius 2 is 2.32 bits per heavy atom. The SMILES string of the molecule is C#CCN(CC(=O)O)c1cccc(SCC)c1C#N. The van der Waals surface area contributed by atoms with Crippen LogP contribution >= 0.6 is 11.8 Å². The number of hydrogen-bond acceptors (Lipinski definition) is 4. The van der Waals surface area contributed by atoms with Gasteiger partial charge in [0.05, 0.1) is 17.8 Å². The molecule has 0 bridgehead atoms. The molecule has 0 saturated carbocycles. The number of thioether (sulfide) groups is 1. The first-order valence-electron chi connectivity index (χ1n) is 5.70. The minimum absolute atomic E-state index is 0.154. The summed E-state index contributed by atoms with van der Waals surface area (Å²) >= 11 is 1.55. The Morgan fingerprint density at radius 1 is 1.58 bits per heavy atom. The summed E-state index contributed by atoms with van der Waals surface area (Å²) in [6, 6.07) is 7.52. The molecule has 1 N–H and O–H groups in total. The van der Waals surface area contributed by atoms with E-state index in [1.807, 2.05) is 13.0 Å². The minimum Gasteiger partial charge on any atom is -0.480 e. The standard InChI is InChI=1S/C14H14N2O2S/c1-3-8-16(10-14(17)18)12-6-5-7-13(19-4-2)11(12)9-15/h1,5-7H,4,8,10H2,2H3,(H,17,18). The summed E-state index contributed by atoms with van der Waals surface area (Å²) < 4.78 is 0. The monoisotopic (exact) mass is 274 g/mol. The Morgan fingerprint density at radius 3 is 2.84 bits per heavy atom. The summed E-state index contributed by atoms with van der Waals surface area (Å²) in [6.45, 7) is 1.93. The third-order valence-corrected chi connectivity index (χ3v) is 3.30. The van der Waals surface area contributed by atoms with Crippen LogP contribution in [0.5, 0.6) is 0 Å². The first kappa shape index (κ1) is 14.9. The van der Waals surface area contributed by atoms with Gasteiger partial charge in [0, 0.05) is 4.90 Å². The van der Waals surface area contributed by atoms with Crippen molar-refractivity contribution >= 4 is 23.4 Å². The van der Waals surface area contributed by atoms with E-state index < -0.39 is 5.97 Å². The van der Waals surface area contributed by atoms with Crippen LogP contribution in [0.3, 0.4) is 0 Å². The third kappa shape index (κ3) is 3.94. The van der Waals surface area contributed by atoms with Crippen molar-refractivity contribution in [3.05, 3.63) is 23.8 Å². The van der Waals surface area contributed by atoms with Crippen LogP contribution in [0, 0.1) is 23.7 Å². The normalized spacial score (nSPS) is 9.42. The van der Waals surface area contributed by atoms with E-state index in [9.17, 15) is 10.1 Å². The number of hydrogen-bond donors (Lipinski definition) is 1. The van der Waals surface area contributed by atoms with Crippen LogP contribution in [0.15, 0.2) is 23.1 Å². The number of nitriles is 1. The molecule has 1 aromatic carbocycles. The second-order valence-electron chi connectivity index (χ2n) is 3.65. The predicted octanol–water partition coefficient (Wildman–Crippen LogP) is 2.19. The Bertz CT molecular complexity index is 543.